The molecule has 6 heteroatoms. The molecule has 1 aromatic heterocycles. The molecule has 1 aliphatic heterocycles. The largest absolute Gasteiger partial charge is 0.382 e. The minimum absolute atomic E-state index is 0.353. The summed E-state index contributed by atoms with van der Waals surface area (Å²) in [6.07, 6.45) is 2.65. The first-order chi connectivity index (χ1) is 8.63. The van der Waals surface area contributed by atoms with E-state index in [0.29, 0.717) is 16.9 Å². The van der Waals surface area contributed by atoms with E-state index in [1.807, 2.05) is 0 Å². The Bertz CT molecular complexity index is 403. The van der Waals surface area contributed by atoms with Gasteiger partial charge in [0.15, 0.2) is 5.82 Å². The zero-order valence-electron chi connectivity index (χ0n) is 10.9. The molecule has 2 N–H and O–H groups in total. The highest BCUT2D eigenvalue weighted by atomic mass is 35.5. The third kappa shape index (κ3) is 2.67. The normalized spacial score (nSPS) is 18.9. The first kappa shape index (κ1) is 13.4. The monoisotopic (exact) mass is 269 g/mol. The SMILES string of the molecule is CCC(C)N1CCN(c2ncnc(N)c2Cl)CC1. The highest BCUT2D eigenvalue weighted by Crippen LogP contribution is 2.27. The zero-order valence-corrected chi connectivity index (χ0v) is 11.7. The van der Waals surface area contributed by atoms with Gasteiger partial charge >= 0.3 is 0 Å². The van der Waals surface area contributed by atoms with Crippen molar-refractivity contribution in [1.82, 2.24) is 14.9 Å². The van der Waals surface area contributed by atoms with Crippen molar-refractivity contribution in [2.75, 3.05) is 36.8 Å². The van der Waals surface area contributed by atoms with Crippen molar-refractivity contribution in [3.8, 4) is 0 Å². The molecule has 1 aromatic rings. The minimum atomic E-state index is 0.353. The second-order valence-electron chi connectivity index (χ2n) is 4.68. The molecule has 1 saturated heterocycles. The minimum Gasteiger partial charge on any atom is -0.382 e. The maximum absolute atomic E-state index is 6.15. The van der Waals surface area contributed by atoms with Crippen LogP contribution in [0.1, 0.15) is 20.3 Å². The number of halogens is 1. The molecule has 1 aliphatic rings. The van der Waals surface area contributed by atoms with E-state index in [1.165, 1.54) is 12.7 Å². The number of hydrogen-bond acceptors (Lipinski definition) is 5. The number of nitrogens with zero attached hydrogens (tertiary/aromatic N) is 4. The highest BCUT2D eigenvalue weighted by Gasteiger charge is 2.22. The van der Waals surface area contributed by atoms with Crippen LogP contribution in [0.5, 0.6) is 0 Å². The number of nitrogens with two attached hydrogens (primary N) is 1. The van der Waals surface area contributed by atoms with Gasteiger partial charge in [-0.2, -0.15) is 0 Å². The summed E-state index contributed by atoms with van der Waals surface area (Å²) in [6, 6.07) is 0.637. The third-order valence-corrected chi connectivity index (χ3v) is 3.99. The molecule has 0 aliphatic carbocycles. The molecule has 0 bridgehead atoms. The molecule has 0 radical (unpaired) electrons. The fourth-order valence-corrected chi connectivity index (χ4v) is 2.44. The topological polar surface area (TPSA) is 58.3 Å². The Balaban J connectivity index is 2.03. The number of nitrogen functional groups attached to an aromatic ring is 1. The van der Waals surface area contributed by atoms with Gasteiger partial charge in [-0.3, -0.25) is 4.90 Å². The molecule has 1 atom stereocenters. The quantitative estimate of drug-likeness (QED) is 0.904. The molecular formula is C12H20ClN5. The fourth-order valence-electron chi connectivity index (χ4n) is 2.23. The Morgan fingerprint density at radius 2 is 2.00 bits per heavy atom. The molecule has 5 nitrogen and oxygen atoms in total. The smallest absolute Gasteiger partial charge is 0.153 e. The number of piperazine rings is 1. The number of hydrogen-bond donors (Lipinski definition) is 1. The van der Waals surface area contributed by atoms with Crippen LogP contribution in [0, 0.1) is 0 Å². The molecule has 1 unspecified atom stereocenters. The van der Waals surface area contributed by atoms with Gasteiger partial charge in [-0.1, -0.05) is 18.5 Å². The first-order valence-electron chi connectivity index (χ1n) is 6.38. The van der Waals surface area contributed by atoms with Crippen molar-refractivity contribution in [1.29, 1.82) is 0 Å². The lowest BCUT2D eigenvalue weighted by atomic mass is 10.2. The van der Waals surface area contributed by atoms with Crippen LogP contribution in [-0.2, 0) is 0 Å². The van der Waals surface area contributed by atoms with Gasteiger partial charge in [0, 0.05) is 32.2 Å². The molecule has 1 fully saturated rings. The molecule has 0 amide bonds. The lowest BCUT2D eigenvalue weighted by molar-refractivity contribution is 0.192. The van der Waals surface area contributed by atoms with Crippen LogP contribution >= 0.6 is 11.6 Å². The molecule has 100 valence electrons. The second kappa shape index (κ2) is 5.71. The van der Waals surface area contributed by atoms with E-state index in [2.05, 4.69) is 33.6 Å². The van der Waals surface area contributed by atoms with E-state index < -0.39 is 0 Å². The lowest BCUT2D eigenvalue weighted by Crippen LogP contribution is -2.49. The molecular weight excluding hydrogens is 250 g/mol. The van der Waals surface area contributed by atoms with Crippen LogP contribution in [-0.4, -0.2) is 47.1 Å². The van der Waals surface area contributed by atoms with Crippen molar-refractivity contribution >= 4 is 23.2 Å². The fraction of sp³-hybridized carbons (Fsp3) is 0.667. The van der Waals surface area contributed by atoms with Gasteiger partial charge in [-0.15, -0.1) is 0 Å². The molecule has 0 spiro atoms. The van der Waals surface area contributed by atoms with E-state index in [-0.39, 0.29) is 0 Å². The molecule has 0 aromatic carbocycles. The van der Waals surface area contributed by atoms with Crippen LogP contribution in [0.2, 0.25) is 5.02 Å². The molecule has 18 heavy (non-hydrogen) atoms. The van der Waals surface area contributed by atoms with Crippen LogP contribution in [0.3, 0.4) is 0 Å². The number of aromatic nitrogens is 2. The van der Waals surface area contributed by atoms with E-state index in [9.17, 15) is 0 Å². The van der Waals surface area contributed by atoms with Crippen LogP contribution < -0.4 is 10.6 Å². The average molecular weight is 270 g/mol. The van der Waals surface area contributed by atoms with Gasteiger partial charge in [-0.25, -0.2) is 9.97 Å². The molecule has 0 saturated carbocycles. The summed E-state index contributed by atoms with van der Waals surface area (Å²) >= 11 is 6.15. The van der Waals surface area contributed by atoms with Gasteiger partial charge in [0.25, 0.3) is 0 Å². The van der Waals surface area contributed by atoms with E-state index >= 15 is 0 Å². The van der Waals surface area contributed by atoms with Gasteiger partial charge in [-0.05, 0) is 13.3 Å². The summed E-state index contributed by atoms with van der Waals surface area (Å²) in [5.74, 6) is 1.11. The Kier molecular flexibility index (Phi) is 4.24. The summed E-state index contributed by atoms with van der Waals surface area (Å²) in [6.45, 7) is 8.43. The van der Waals surface area contributed by atoms with Gasteiger partial charge in [0.05, 0.1) is 0 Å². The highest BCUT2D eigenvalue weighted by molar-refractivity contribution is 6.35. The van der Waals surface area contributed by atoms with Crippen molar-refractivity contribution in [3.63, 3.8) is 0 Å². The summed E-state index contributed by atoms with van der Waals surface area (Å²) in [5, 5.41) is 0.467. The predicted octanol–water partition coefficient (Wildman–Crippen LogP) is 1.63. The molecule has 2 heterocycles. The van der Waals surface area contributed by atoms with Crippen LogP contribution in [0.25, 0.3) is 0 Å². The predicted molar refractivity (Wildman–Crippen MR) is 75.0 cm³/mol. The van der Waals surface area contributed by atoms with E-state index in [4.69, 9.17) is 17.3 Å². The van der Waals surface area contributed by atoms with Crippen molar-refractivity contribution in [2.24, 2.45) is 0 Å². The zero-order chi connectivity index (χ0) is 13.1. The Hall–Kier alpha value is -1.07. The lowest BCUT2D eigenvalue weighted by Gasteiger charge is -2.38. The summed E-state index contributed by atoms with van der Waals surface area (Å²) < 4.78 is 0. The first-order valence-corrected chi connectivity index (χ1v) is 6.76. The van der Waals surface area contributed by atoms with E-state index in [1.54, 1.807) is 0 Å². The van der Waals surface area contributed by atoms with Gasteiger partial charge in [0.2, 0.25) is 0 Å². The second-order valence-corrected chi connectivity index (χ2v) is 5.05. The number of anilines is 2. The maximum atomic E-state index is 6.15. The van der Waals surface area contributed by atoms with Crippen LogP contribution in [0.4, 0.5) is 11.6 Å². The summed E-state index contributed by atoms with van der Waals surface area (Å²) in [5.41, 5.74) is 5.70. The Labute approximate surface area is 113 Å². The van der Waals surface area contributed by atoms with Crippen molar-refractivity contribution in [3.05, 3.63) is 11.3 Å². The third-order valence-electron chi connectivity index (χ3n) is 3.63. The van der Waals surface area contributed by atoms with Crippen molar-refractivity contribution < 1.29 is 0 Å². The average Bonchev–Trinajstić information content (AvgIpc) is 2.41. The van der Waals surface area contributed by atoms with Gasteiger partial charge < -0.3 is 10.6 Å². The van der Waals surface area contributed by atoms with E-state index in [0.717, 1.165) is 32.0 Å². The summed E-state index contributed by atoms with van der Waals surface area (Å²) in [4.78, 5) is 12.8. The Morgan fingerprint density at radius 3 is 2.61 bits per heavy atom. The van der Waals surface area contributed by atoms with Crippen molar-refractivity contribution in [2.45, 2.75) is 26.3 Å². The molecule has 2 rings (SSSR count). The standard InChI is InChI=1S/C12H20ClN5/c1-3-9(2)17-4-6-18(7-5-17)12-10(13)11(14)15-8-16-12/h8-9H,3-7H2,1-2H3,(H2,14,15,16). The Morgan fingerprint density at radius 1 is 1.33 bits per heavy atom. The number of rotatable bonds is 3. The van der Waals surface area contributed by atoms with Crippen LogP contribution in [0.15, 0.2) is 6.33 Å². The summed E-state index contributed by atoms with van der Waals surface area (Å²) in [7, 11) is 0. The van der Waals surface area contributed by atoms with Gasteiger partial charge in [0.1, 0.15) is 17.2 Å². The maximum Gasteiger partial charge on any atom is 0.153 e.